The van der Waals surface area contributed by atoms with Gasteiger partial charge >= 0.3 is 0 Å². The molecule has 92 valence electrons. The zero-order valence-electron chi connectivity index (χ0n) is 9.90. The van der Waals surface area contributed by atoms with Crippen LogP contribution in [0, 0.1) is 6.92 Å². The van der Waals surface area contributed by atoms with Crippen LogP contribution < -0.4 is 5.32 Å². The molecule has 2 rings (SSSR count). The Labute approximate surface area is 99.0 Å². The largest absolute Gasteiger partial charge is 0.444 e. The Morgan fingerprint density at radius 1 is 1.59 bits per heavy atom. The van der Waals surface area contributed by atoms with Crippen molar-refractivity contribution in [2.45, 2.75) is 32.9 Å². The van der Waals surface area contributed by atoms with E-state index in [2.05, 4.69) is 10.3 Å². The molecule has 0 aliphatic carbocycles. The molecule has 0 bridgehead atoms. The molecule has 1 aliphatic heterocycles. The molecule has 0 radical (unpaired) electrons. The summed E-state index contributed by atoms with van der Waals surface area (Å²) in [5, 5.41) is 2.63. The van der Waals surface area contributed by atoms with Crippen molar-refractivity contribution >= 4 is 11.8 Å². The third kappa shape index (κ3) is 2.64. The van der Waals surface area contributed by atoms with Gasteiger partial charge in [-0.05, 0) is 13.8 Å². The van der Waals surface area contributed by atoms with Crippen molar-refractivity contribution < 1.29 is 14.0 Å². The second kappa shape index (κ2) is 4.57. The minimum absolute atomic E-state index is 0.100. The van der Waals surface area contributed by atoms with Gasteiger partial charge in [-0.2, -0.15) is 0 Å². The van der Waals surface area contributed by atoms with Crippen molar-refractivity contribution in [3.8, 4) is 0 Å². The number of oxazole rings is 1. The summed E-state index contributed by atoms with van der Waals surface area (Å²) in [5.41, 5.74) is 0. The number of aromatic nitrogens is 1. The highest BCUT2D eigenvalue weighted by molar-refractivity contribution is 5.89. The van der Waals surface area contributed by atoms with Crippen molar-refractivity contribution in [3.05, 3.63) is 17.8 Å². The van der Waals surface area contributed by atoms with Crippen LogP contribution >= 0.6 is 0 Å². The lowest BCUT2D eigenvalue weighted by Crippen LogP contribution is -2.42. The summed E-state index contributed by atoms with van der Waals surface area (Å²) in [5.74, 6) is 1.01. The number of hydrogen-bond acceptors (Lipinski definition) is 4. The fourth-order valence-electron chi connectivity index (χ4n) is 1.79. The maximum atomic E-state index is 11.9. The van der Waals surface area contributed by atoms with Crippen molar-refractivity contribution in [1.82, 2.24) is 15.2 Å². The van der Waals surface area contributed by atoms with E-state index in [0.29, 0.717) is 31.2 Å². The first kappa shape index (κ1) is 11.6. The molecule has 6 nitrogen and oxygen atoms in total. The van der Waals surface area contributed by atoms with E-state index >= 15 is 0 Å². The zero-order chi connectivity index (χ0) is 12.4. The second-order valence-corrected chi connectivity index (χ2v) is 4.16. The van der Waals surface area contributed by atoms with Gasteiger partial charge in [-0.25, -0.2) is 4.98 Å². The summed E-state index contributed by atoms with van der Waals surface area (Å²) in [6.45, 7) is 4.19. The SMILES string of the molecule is Cc1cnc(CN2CCC(=O)NC(C)C2=O)o1. The van der Waals surface area contributed by atoms with Crippen molar-refractivity contribution in [2.75, 3.05) is 6.54 Å². The Bertz CT molecular complexity index is 441. The molecule has 1 aromatic heterocycles. The first-order valence-electron chi connectivity index (χ1n) is 5.55. The monoisotopic (exact) mass is 237 g/mol. The van der Waals surface area contributed by atoms with Crippen LogP contribution in [0.3, 0.4) is 0 Å². The number of nitrogens with zero attached hydrogens (tertiary/aromatic N) is 2. The van der Waals surface area contributed by atoms with E-state index in [9.17, 15) is 9.59 Å². The second-order valence-electron chi connectivity index (χ2n) is 4.16. The molecule has 0 spiro atoms. The highest BCUT2D eigenvalue weighted by Crippen LogP contribution is 2.10. The summed E-state index contributed by atoms with van der Waals surface area (Å²) >= 11 is 0. The normalized spacial score (nSPS) is 21.3. The molecule has 1 unspecified atom stereocenters. The van der Waals surface area contributed by atoms with Crippen molar-refractivity contribution in [1.29, 1.82) is 0 Å². The minimum Gasteiger partial charge on any atom is -0.444 e. The van der Waals surface area contributed by atoms with Gasteiger partial charge in [0.05, 0.1) is 12.7 Å². The Morgan fingerprint density at radius 3 is 3.00 bits per heavy atom. The van der Waals surface area contributed by atoms with E-state index in [1.807, 2.05) is 0 Å². The first-order chi connectivity index (χ1) is 8.06. The first-order valence-corrected chi connectivity index (χ1v) is 5.55. The van der Waals surface area contributed by atoms with E-state index < -0.39 is 6.04 Å². The third-order valence-electron chi connectivity index (χ3n) is 2.66. The molecule has 1 aromatic rings. The Hall–Kier alpha value is -1.85. The number of aryl methyl sites for hydroxylation is 1. The average Bonchev–Trinajstić information content (AvgIpc) is 2.64. The number of amides is 2. The van der Waals surface area contributed by atoms with E-state index in [4.69, 9.17) is 4.42 Å². The molecule has 17 heavy (non-hydrogen) atoms. The standard InChI is InChI=1S/C11H15N3O3/c1-7-5-12-10(17-7)6-14-4-3-9(15)13-8(2)11(14)16/h5,8H,3-4,6H2,1-2H3,(H,13,15). The quantitative estimate of drug-likeness (QED) is 0.798. The molecule has 0 saturated carbocycles. The van der Waals surface area contributed by atoms with Gasteiger partial charge in [0.1, 0.15) is 11.8 Å². The van der Waals surface area contributed by atoms with Gasteiger partial charge in [-0.15, -0.1) is 0 Å². The van der Waals surface area contributed by atoms with Crippen LogP contribution in [-0.2, 0) is 16.1 Å². The van der Waals surface area contributed by atoms with Crippen molar-refractivity contribution in [2.24, 2.45) is 0 Å². The van der Waals surface area contributed by atoms with E-state index in [1.165, 1.54) is 0 Å². The Morgan fingerprint density at radius 2 is 2.35 bits per heavy atom. The predicted octanol–water partition coefficient (Wildman–Crippen LogP) is 0.220. The summed E-state index contributed by atoms with van der Waals surface area (Å²) < 4.78 is 5.33. The summed E-state index contributed by atoms with van der Waals surface area (Å²) in [4.78, 5) is 28.9. The fourth-order valence-corrected chi connectivity index (χ4v) is 1.79. The van der Waals surface area contributed by atoms with Gasteiger partial charge in [0.15, 0.2) is 0 Å². The number of rotatable bonds is 2. The van der Waals surface area contributed by atoms with Crippen LogP contribution in [0.2, 0.25) is 0 Å². The topological polar surface area (TPSA) is 75.4 Å². The third-order valence-corrected chi connectivity index (χ3v) is 2.66. The molecule has 6 heteroatoms. The van der Waals surface area contributed by atoms with Crippen LogP contribution in [0.25, 0.3) is 0 Å². The lowest BCUT2D eigenvalue weighted by atomic mass is 10.3. The maximum Gasteiger partial charge on any atom is 0.245 e. The highest BCUT2D eigenvalue weighted by Gasteiger charge is 2.27. The van der Waals surface area contributed by atoms with Gasteiger partial charge in [-0.3, -0.25) is 9.59 Å². The molecule has 1 atom stereocenters. The minimum atomic E-state index is -0.485. The average molecular weight is 237 g/mol. The lowest BCUT2D eigenvalue weighted by molar-refractivity contribution is -0.133. The van der Waals surface area contributed by atoms with Crippen LogP contribution in [0.15, 0.2) is 10.6 Å². The molecule has 1 saturated heterocycles. The molecular weight excluding hydrogens is 222 g/mol. The lowest BCUT2D eigenvalue weighted by Gasteiger charge is -2.20. The number of carbonyl (C=O) groups is 2. The van der Waals surface area contributed by atoms with Crippen LogP contribution in [0.4, 0.5) is 0 Å². The fraction of sp³-hybridized carbons (Fsp3) is 0.545. The molecule has 1 aliphatic rings. The molecule has 2 heterocycles. The number of nitrogens with one attached hydrogen (secondary N) is 1. The number of hydrogen-bond donors (Lipinski definition) is 1. The Balaban J connectivity index is 2.08. The number of carbonyl (C=O) groups excluding carboxylic acids is 2. The molecule has 1 N–H and O–H groups in total. The summed E-state index contributed by atoms with van der Waals surface area (Å²) in [6.07, 6.45) is 1.93. The zero-order valence-corrected chi connectivity index (χ0v) is 9.90. The van der Waals surface area contributed by atoms with Gasteiger partial charge in [0, 0.05) is 13.0 Å². The summed E-state index contributed by atoms with van der Waals surface area (Å²) in [7, 11) is 0. The van der Waals surface area contributed by atoms with Crippen LogP contribution in [0.5, 0.6) is 0 Å². The van der Waals surface area contributed by atoms with Crippen LogP contribution in [-0.4, -0.2) is 34.3 Å². The van der Waals surface area contributed by atoms with E-state index in [-0.39, 0.29) is 11.8 Å². The molecule has 0 aromatic carbocycles. The predicted molar refractivity (Wildman–Crippen MR) is 58.9 cm³/mol. The molecule has 2 amide bonds. The van der Waals surface area contributed by atoms with Gasteiger partial charge in [0.25, 0.3) is 0 Å². The maximum absolute atomic E-state index is 11.9. The van der Waals surface area contributed by atoms with Crippen molar-refractivity contribution in [3.63, 3.8) is 0 Å². The van der Waals surface area contributed by atoms with Gasteiger partial charge in [0.2, 0.25) is 17.7 Å². The van der Waals surface area contributed by atoms with Crippen LogP contribution in [0.1, 0.15) is 25.0 Å². The van der Waals surface area contributed by atoms with Gasteiger partial charge in [-0.1, -0.05) is 0 Å². The Kier molecular flexibility index (Phi) is 3.12. The molecular formula is C11H15N3O3. The smallest absolute Gasteiger partial charge is 0.245 e. The molecule has 1 fully saturated rings. The highest BCUT2D eigenvalue weighted by atomic mass is 16.4. The van der Waals surface area contributed by atoms with Gasteiger partial charge < -0.3 is 14.6 Å². The summed E-state index contributed by atoms with van der Waals surface area (Å²) in [6, 6.07) is -0.485. The van der Waals surface area contributed by atoms with E-state index in [1.54, 1.807) is 24.9 Å². The van der Waals surface area contributed by atoms with E-state index in [0.717, 1.165) is 0 Å².